The molecule has 22 heavy (non-hydrogen) atoms. The van der Waals surface area contributed by atoms with Crippen LogP contribution in [0.5, 0.6) is 0 Å². The van der Waals surface area contributed by atoms with Crippen LogP contribution in [-0.4, -0.2) is 45.8 Å². The molecule has 0 aromatic rings. The summed E-state index contributed by atoms with van der Waals surface area (Å²) in [7, 11) is 0. The van der Waals surface area contributed by atoms with Crippen molar-refractivity contribution in [1.29, 1.82) is 0 Å². The maximum Gasteiger partial charge on any atom is 0.330 e. The Balaban J connectivity index is 2.83. The summed E-state index contributed by atoms with van der Waals surface area (Å²) >= 11 is 0. The van der Waals surface area contributed by atoms with Gasteiger partial charge in [0.15, 0.2) is 0 Å². The Labute approximate surface area is 128 Å². The third-order valence-electron chi connectivity index (χ3n) is 3.97. The second kappa shape index (κ2) is 7.74. The lowest BCUT2D eigenvalue weighted by Crippen LogP contribution is -2.36. The molecule has 0 amide bonds. The molecule has 7 nitrogen and oxygen atoms in total. The zero-order valence-corrected chi connectivity index (χ0v) is 12.6. The topological polar surface area (TPSA) is 124 Å². The molecule has 1 fully saturated rings. The number of nitrogens with one attached hydrogen (secondary N) is 1. The SMILES string of the molecule is CC(=CCC=C(C)C1CNC(C(=O)O)C1CC(=O)O)C(=O)O. The highest BCUT2D eigenvalue weighted by Crippen LogP contribution is 2.31. The van der Waals surface area contributed by atoms with Crippen molar-refractivity contribution in [1.82, 2.24) is 5.32 Å². The Morgan fingerprint density at radius 3 is 2.27 bits per heavy atom. The van der Waals surface area contributed by atoms with E-state index in [2.05, 4.69) is 5.32 Å². The average molecular weight is 311 g/mol. The molecule has 122 valence electrons. The first-order valence-corrected chi connectivity index (χ1v) is 6.98. The number of carboxylic acid groups (broad SMARTS) is 3. The van der Waals surface area contributed by atoms with Crippen molar-refractivity contribution in [2.75, 3.05) is 6.54 Å². The van der Waals surface area contributed by atoms with E-state index < -0.39 is 29.9 Å². The smallest absolute Gasteiger partial charge is 0.330 e. The molecule has 1 saturated heterocycles. The third-order valence-corrected chi connectivity index (χ3v) is 3.97. The number of hydrogen-bond acceptors (Lipinski definition) is 4. The summed E-state index contributed by atoms with van der Waals surface area (Å²) in [5, 5.41) is 29.7. The monoisotopic (exact) mass is 311 g/mol. The van der Waals surface area contributed by atoms with Gasteiger partial charge in [-0.05, 0) is 26.2 Å². The normalized spacial score (nSPS) is 26.0. The zero-order chi connectivity index (χ0) is 16.9. The van der Waals surface area contributed by atoms with E-state index in [0.717, 1.165) is 5.57 Å². The molecule has 7 heteroatoms. The van der Waals surface area contributed by atoms with Crippen molar-refractivity contribution < 1.29 is 29.7 Å². The van der Waals surface area contributed by atoms with Crippen molar-refractivity contribution in [3.63, 3.8) is 0 Å². The molecular weight excluding hydrogens is 290 g/mol. The maximum absolute atomic E-state index is 11.2. The van der Waals surface area contributed by atoms with Crippen molar-refractivity contribution >= 4 is 17.9 Å². The van der Waals surface area contributed by atoms with Crippen LogP contribution in [0.15, 0.2) is 23.3 Å². The minimum Gasteiger partial charge on any atom is -0.481 e. The highest BCUT2D eigenvalue weighted by atomic mass is 16.4. The number of rotatable bonds is 7. The fourth-order valence-electron chi connectivity index (χ4n) is 2.68. The highest BCUT2D eigenvalue weighted by molar-refractivity contribution is 5.85. The first kappa shape index (κ1) is 17.9. The summed E-state index contributed by atoms with van der Waals surface area (Å²) in [5.74, 6) is -3.77. The van der Waals surface area contributed by atoms with Gasteiger partial charge in [-0.25, -0.2) is 4.79 Å². The Hall–Kier alpha value is -2.15. The second-order valence-electron chi connectivity index (χ2n) is 5.47. The van der Waals surface area contributed by atoms with Gasteiger partial charge in [-0.3, -0.25) is 9.59 Å². The van der Waals surface area contributed by atoms with Crippen LogP contribution < -0.4 is 5.32 Å². The van der Waals surface area contributed by atoms with Gasteiger partial charge in [-0.2, -0.15) is 0 Å². The van der Waals surface area contributed by atoms with Crippen LogP contribution in [0.4, 0.5) is 0 Å². The molecule has 0 aliphatic carbocycles. The zero-order valence-electron chi connectivity index (χ0n) is 12.6. The molecule has 0 radical (unpaired) electrons. The van der Waals surface area contributed by atoms with E-state index in [1.54, 1.807) is 6.08 Å². The number of aliphatic carboxylic acids is 3. The van der Waals surface area contributed by atoms with Crippen molar-refractivity contribution in [2.45, 2.75) is 32.7 Å². The highest BCUT2D eigenvalue weighted by Gasteiger charge is 2.41. The van der Waals surface area contributed by atoms with Crippen LogP contribution in [0.2, 0.25) is 0 Å². The lowest BCUT2D eigenvalue weighted by atomic mass is 9.83. The first-order chi connectivity index (χ1) is 10.2. The van der Waals surface area contributed by atoms with Gasteiger partial charge < -0.3 is 20.6 Å². The fourth-order valence-corrected chi connectivity index (χ4v) is 2.68. The molecule has 3 unspecified atom stereocenters. The number of carbonyl (C=O) groups is 3. The molecule has 1 heterocycles. The van der Waals surface area contributed by atoms with Crippen molar-refractivity contribution in [3.05, 3.63) is 23.3 Å². The van der Waals surface area contributed by atoms with E-state index in [4.69, 9.17) is 15.3 Å². The number of carboxylic acids is 3. The van der Waals surface area contributed by atoms with Gasteiger partial charge >= 0.3 is 17.9 Å². The molecule has 3 atom stereocenters. The van der Waals surface area contributed by atoms with E-state index in [0.29, 0.717) is 13.0 Å². The molecule has 4 N–H and O–H groups in total. The quantitative estimate of drug-likeness (QED) is 0.410. The predicted molar refractivity (Wildman–Crippen MR) is 78.4 cm³/mol. The molecule has 1 rings (SSSR count). The number of allylic oxidation sites excluding steroid dienone is 2. The van der Waals surface area contributed by atoms with Gasteiger partial charge in [0.05, 0.1) is 6.42 Å². The Bertz CT molecular complexity index is 522. The molecule has 0 saturated carbocycles. The van der Waals surface area contributed by atoms with Crippen molar-refractivity contribution in [2.24, 2.45) is 11.8 Å². The Kier molecular flexibility index (Phi) is 6.30. The summed E-state index contributed by atoms with van der Waals surface area (Å²) in [6.45, 7) is 3.71. The Morgan fingerprint density at radius 2 is 1.77 bits per heavy atom. The lowest BCUT2D eigenvalue weighted by Gasteiger charge is -2.20. The van der Waals surface area contributed by atoms with E-state index in [9.17, 15) is 14.4 Å². The van der Waals surface area contributed by atoms with Gasteiger partial charge in [0.25, 0.3) is 0 Å². The average Bonchev–Trinajstić information content (AvgIpc) is 2.81. The summed E-state index contributed by atoms with van der Waals surface area (Å²) < 4.78 is 0. The first-order valence-electron chi connectivity index (χ1n) is 6.98. The van der Waals surface area contributed by atoms with Gasteiger partial charge in [-0.15, -0.1) is 0 Å². The van der Waals surface area contributed by atoms with E-state index in [1.165, 1.54) is 6.92 Å². The fraction of sp³-hybridized carbons (Fsp3) is 0.533. The van der Waals surface area contributed by atoms with E-state index in [-0.39, 0.29) is 17.9 Å². The van der Waals surface area contributed by atoms with Crippen LogP contribution in [0.3, 0.4) is 0 Å². The van der Waals surface area contributed by atoms with E-state index in [1.807, 2.05) is 13.0 Å². The van der Waals surface area contributed by atoms with E-state index >= 15 is 0 Å². The molecule has 0 spiro atoms. The predicted octanol–water partition coefficient (Wildman–Crippen LogP) is 1.12. The van der Waals surface area contributed by atoms with Crippen LogP contribution in [0.1, 0.15) is 26.7 Å². The van der Waals surface area contributed by atoms with Gasteiger partial charge in [-0.1, -0.05) is 17.7 Å². The lowest BCUT2D eigenvalue weighted by molar-refractivity contribution is -0.142. The third kappa shape index (κ3) is 4.70. The summed E-state index contributed by atoms with van der Waals surface area (Å²) in [4.78, 5) is 32.8. The summed E-state index contributed by atoms with van der Waals surface area (Å²) in [5.41, 5.74) is 1.11. The van der Waals surface area contributed by atoms with Crippen LogP contribution in [0, 0.1) is 11.8 Å². The standard InChI is InChI=1S/C15H21NO6/c1-8(4-3-5-9(2)14(19)20)11-7-16-13(15(21)22)10(11)6-12(17)18/h4-5,10-11,13,16H,3,6-7H2,1-2H3,(H,17,18)(H,19,20)(H,21,22). The second-order valence-corrected chi connectivity index (χ2v) is 5.47. The van der Waals surface area contributed by atoms with Crippen LogP contribution in [0.25, 0.3) is 0 Å². The largest absolute Gasteiger partial charge is 0.481 e. The summed E-state index contributed by atoms with van der Waals surface area (Å²) in [6, 6.07) is -0.874. The van der Waals surface area contributed by atoms with Gasteiger partial charge in [0.2, 0.25) is 0 Å². The molecular formula is C15H21NO6. The van der Waals surface area contributed by atoms with Gasteiger partial charge in [0.1, 0.15) is 6.04 Å². The van der Waals surface area contributed by atoms with Crippen LogP contribution in [-0.2, 0) is 14.4 Å². The summed E-state index contributed by atoms with van der Waals surface area (Å²) in [6.07, 6.45) is 3.58. The maximum atomic E-state index is 11.2. The van der Waals surface area contributed by atoms with Gasteiger partial charge in [0, 0.05) is 18.0 Å². The minimum absolute atomic E-state index is 0.185. The minimum atomic E-state index is -1.05. The molecule has 0 bridgehead atoms. The molecule has 0 aromatic carbocycles. The van der Waals surface area contributed by atoms with Crippen molar-refractivity contribution in [3.8, 4) is 0 Å². The number of hydrogen-bond donors (Lipinski definition) is 4. The molecule has 0 aromatic heterocycles. The molecule has 1 aliphatic heterocycles. The molecule has 1 aliphatic rings. The Morgan fingerprint density at radius 1 is 1.14 bits per heavy atom. The van der Waals surface area contributed by atoms with Crippen LogP contribution >= 0.6 is 0 Å².